The van der Waals surface area contributed by atoms with E-state index < -0.39 is 17.9 Å². The van der Waals surface area contributed by atoms with Gasteiger partial charge in [0.1, 0.15) is 6.04 Å². The maximum Gasteiger partial charge on any atom is 1.00 e. The molecule has 0 fully saturated rings. The number of carbonyl (C=O) groups excluding carboxylic acids is 1. The van der Waals surface area contributed by atoms with Crippen LogP contribution in [0.5, 0.6) is 0 Å². The fraction of sp³-hybridized carbons (Fsp3) is 0.231. The van der Waals surface area contributed by atoms with Crippen molar-refractivity contribution >= 4 is 52.8 Å². The fourth-order valence-electron chi connectivity index (χ4n) is 3.37. The second-order valence-electron chi connectivity index (χ2n) is 8.24. The molecule has 2 aromatic carbocycles. The van der Waals surface area contributed by atoms with Crippen LogP contribution in [0.15, 0.2) is 67.0 Å². The van der Waals surface area contributed by atoms with Crippen LogP contribution in [0.4, 0.5) is 11.6 Å². The number of aromatic nitrogens is 2. The van der Waals surface area contributed by atoms with Gasteiger partial charge in [-0.1, -0.05) is 67.4 Å². The van der Waals surface area contributed by atoms with Crippen LogP contribution in [0.1, 0.15) is 37.6 Å². The second kappa shape index (κ2) is 14.4. The van der Waals surface area contributed by atoms with Gasteiger partial charge in [-0.05, 0) is 48.2 Å². The molecule has 0 saturated carbocycles. The van der Waals surface area contributed by atoms with E-state index in [1.807, 2.05) is 29.2 Å². The van der Waals surface area contributed by atoms with Gasteiger partial charge in [0, 0.05) is 24.6 Å². The van der Waals surface area contributed by atoms with Crippen molar-refractivity contribution in [1.82, 2.24) is 15.3 Å². The Morgan fingerprint density at radius 3 is 2.22 bits per heavy atom. The number of hydrogen-bond donors (Lipinski definition) is 2. The van der Waals surface area contributed by atoms with Crippen LogP contribution in [0, 0.1) is 5.92 Å². The molecule has 1 unspecified atom stereocenters. The largest absolute Gasteiger partial charge is 1.00 e. The second-order valence-corrected chi connectivity index (χ2v) is 9.06. The summed E-state index contributed by atoms with van der Waals surface area (Å²) in [4.78, 5) is 35.0. The molecule has 1 heterocycles. The van der Waals surface area contributed by atoms with E-state index in [9.17, 15) is 14.7 Å². The Morgan fingerprint density at radius 1 is 1.06 bits per heavy atom. The number of benzene rings is 2. The summed E-state index contributed by atoms with van der Waals surface area (Å²) in [5, 5.41) is 12.3. The molecule has 10 heteroatoms. The number of anilines is 2. The maximum absolute atomic E-state index is 12.5. The summed E-state index contributed by atoms with van der Waals surface area (Å²) in [6, 6.07) is 13.1. The predicted octanol–water partition coefficient (Wildman–Crippen LogP) is 2.98. The van der Waals surface area contributed by atoms with Gasteiger partial charge in [-0.3, -0.25) is 4.79 Å². The van der Waals surface area contributed by atoms with Gasteiger partial charge in [-0.2, -0.15) is 0 Å². The standard InChI is InChI=1S/C26H26Cl2N4O3.Na.H/c1-17(2)16-32(26-29-14-5-15-30-26)19-12-10-18(11-13-19)6-3-9-22(25(34)35)31-24(33)23-20(27)7-4-8-21(23)28;;/h3-8,10-15,17,22H,9,16H2,1-2H3,(H,31,33)(H,34,35);;/q;+1;-1. The van der Waals surface area contributed by atoms with Crippen LogP contribution in [0.25, 0.3) is 6.08 Å². The third kappa shape index (κ3) is 8.32. The number of carboxylic acid groups (broad SMARTS) is 1. The van der Waals surface area contributed by atoms with Gasteiger partial charge in [0.05, 0.1) is 15.6 Å². The molecule has 3 rings (SSSR count). The van der Waals surface area contributed by atoms with Crippen LogP contribution in [0.3, 0.4) is 0 Å². The average molecular weight is 537 g/mol. The van der Waals surface area contributed by atoms with E-state index in [0.29, 0.717) is 11.9 Å². The molecule has 0 aliphatic rings. The third-order valence-electron chi connectivity index (χ3n) is 5.02. The van der Waals surface area contributed by atoms with Crippen molar-refractivity contribution in [2.75, 3.05) is 11.4 Å². The van der Waals surface area contributed by atoms with E-state index in [1.54, 1.807) is 36.7 Å². The first kappa shape index (κ1) is 29.8. The Kier molecular flexibility index (Phi) is 11.9. The normalized spacial score (nSPS) is 11.7. The summed E-state index contributed by atoms with van der Waals surface area (Å²) < 4.78 is 0. The minimum atomic E-state index is -1.16. The molecular formula is C26H27Cl2N4NaO3. The monoisotopic (exact) mass is 536 g/mol. The molecule has 184 valence electrons. The van der Waals surface area contributed by atoms with Crippen molar-refractivity contribution in [1.29, 1.82) is 0 Å². The first-order valence-electron chi connectivity index (χ1n) is 11.0. The Hall–Kier alpha value is -2.42. The molecule has 1 amide bonds. The number of nitrogens with one attached hydrogen (secondary N) is 1. The number of amides is 1. The molecule has 0 radical (unpaired) electrons. The summed E-state index contributed by atoms with van der Waals surface area (Å²) in [6.45, 7) is 5.02. The number of halogens is 2. The average Bonchev–Trinajstić information content (AvgIpc) is 2.82. The SMILES string of the molecule is CC(C)CN(c1ccc(C=CCC(NC(=O)c2c(Cl)cccc2Cl)C(=O)O)cc1)c1ncccn1.[H-].[Na+]. The number of nitrogens with zero attached hydrogens (tertiary/aromatic N) is 3. The van der Waals surface area contributed by atoms with Crippen molar-refractivity contribution in [2.45, 2.75) is 26.3 Å². The number of aliphatic carboxylic acids is 1. The molecule has 2 N–H and O–H groups in total. The van der Waals surface area contributed by atoms with Gasteiger partial charge in [0.15, 0.2) is 0 Å². The predicted molar refractivity (Wildman–Crippen MR) is 140 cm³/mol. The molecular weight excluding hydrogens is 510 g/mol. The van der Waals surface area contributed by atoms with E-state index >= 15 is 0 Å². The minimum absolute atomic E-state index is 0. The molecule has 0 saturated heterocycles. The van der Waals surface area contributed by atoms with Gasteiger partial charge in [0.25, 0.3) is 5.91 Å². The molecule has 7 nitrogen and oxygen atoms in total. The van der Waals surface area contributed by atoms with E-state index in [0.717, 1.165) is 17.8 Å². The Labute approximate surface area is 244 Å². The van der Waals surface area contributed by atoms with E-state index in [1.165, 1.54) is 12.1 Å². The summed E-state index contributed by atoms with van der Waals surface area (Å²) in [7, 11) is 0. The quantitative estimate of drug-likeness (QED) is 0.387. The fourth-order valence-corrected chi connectivity index (χ4v) is 3.94. The van der Waals surface area contributed by atoms with Crippen LogP contribution < -0.4 is 39.8 Å². The smallest absolute Gasteiger partial charge is 1.00 e. The van der Waals surface area contributed by atoms with Crippen molar-refractivity contribution in [3.63, 3.8) is 0 Å². The summed E-state index contributed by atoms with van der Waals surface area (Å²) >= 11 is 12.1. The first-order valence-corrected chi connectivity index (χ1v) is 11.8. The Bertz CT molecular complexity index is 1180. The van der Waals surface area contributed by atoms with Gasteiger partial charge >= 0.3 is 35.5 Å². The van der Waals surface area contributed by atoms with E-state index in [2.05, 4.69) is 29.1 Å². The number of carbonyl (C=O) groups is 2. The molecule has 0 aliphatic carbocycles. The zero-order chi connectivity index (χ0) is 25.4. The Balaban J connectivity index is 0.00000342. The third-order valence-corrected chi connectivity index (χ3v) is 5.65. The molecule has 36 heavy (non-hydrogen) atoms. The van der Waals surface area contributed by atoms with E-state index in [4.69, 9.17) is 23.2 Å². The number of carboxylic acids is 1. The van der Waals surface area contributed by atoms with Gasteiger partial charge < -0.3 is 16.7 Å². The van der Waals surface area contributed by atoms with Gasteiger partial charge in [-0.25, -0.2) is 14.8 Å². The van der Waals surface area contributed by atoms with Crippen molar-refractivity contribution in [3.05, 3.63) is 88.2 Å². The molecule has 3 aromatic rings. The van der Waals surface area contributed by atoms with Crippen LogP contribution in [-0.2, 0) is 4.79 Å². The number of hydrogen-bond acceptors (Lipinski definition) is 5. The molecule has 0 spiro atoms. The maximum atomic E-state index is 12.5. The molecule has 1 atom stereocenters. The molecule has 1 aromatic heterocycles. The Morgan fingerprint density at radius 2 is 1.67 bits per heavy atom. The van der Waals surface area contributed by atoms with Crippen molar-refractivity contribution in [2.24, 2.45) is 5.92 Å². The topological polar surface area (TPSA) is 95.4 Å². The van der Waals surface area contributed by atoms with Gasteiger partial charge in [-0.15, -0.1) is 0 Å². The molecule has 0 bridgehead atoms. The van der Waals surface area contributed by atoms with Crippen molar-refractivity contribution < 1.29 is 45.7 Å². The molecule has 0 aliphatic heterocycles. The van der Waals surface area contributed by atoms with E-state index in [-0.39, 0.29) is 53.0 Å². The summed E-state index contributed by atoms with van der Waals surface area (Å²) in [6.07, 6.45) is 7.02. The van der Waals surface area contributed by atoms with Crippen LogP contribution >= 0.6 is 23.2 Å². The first-order chi connectivity index (χ1) is 16.8. The number of rotatable bonds is 10. The van der Waals surface area contributed by atoms with Crippen LogP contribution in [-0.4, -0.2) is 39.5 Å². The summed E-state index contributed by atoms with van der Waals surface area (Å²) in [5.74, 6) is -0.766. The zero-order valence-electron chi connectivity index (χ0n) is 21.4. The van der Waals surface area contributed by atoms with Gasteiger partial charge in [0.2, 0.25) is 5.95 Å². The summed E-state index contributed by atoms with van der Waals surface area (Å²) in [5.41, 5.74) is 1.89. The van der Waals surface area contributed by atoms with Crippen molar-refractivity contribution in [3.8, 4) is 0 Å². The zero-order valence-corrected chi connectivity index (χ0v) is 23.9. The minimum Gasteiger partial charge on any atom is -1.00 e. The van der Waals surface area contributed by atoms with Crippen LogP contribution in [0.2, 0.25) is 10.0 Å².